The second-order valence-corrected chi connectivity index (χ2v) is 5.29. The van der Waals surface area contributed by atoms with E-state index in [0.29, 0.717) is 0 Å². The first-order valence-corrected chi connectivity index (χ1v) is 6.97. The predicted octanol–water partition coefficient (Wildman–Crippen LogP) is 0.606. The number of hydrogen-bond acceptors (Lipinski definition) is 6. The van der Waals surface area contributed by atoms with E-state index in [-0.39, 0.29) is 23.1 Å². The second kappa shape index (κ2) is 5.47. The Morgan fingerprint density at radius 1 is 1.35 bits per heavy atom. The molecule has 0 aromatic heterocycles. The second-order valence-electron chi connectivity index (χ2n) is 4.00. The molecule has 1 amide bonds. The summed E-state index contributed by atoms with van der Waals surface area (Å²) in [6.07, 6.45) is -1.15. The molecule has 20 heavy (non-hydrogen) atoms. The van der Waals surface area contributed by atoms with Gasteiger partial charge in [0.15, 0.2) is 0 Å². The predicted molar refractivity (Wildman–Crippen MR) is 65.2 cm³/mol. The highest BCUT2D eigenvalue weighted by Gasteiger charge is 2.44. The maximum Gasteiger partial charge on any atom is 0.513 e. The molecule has 9 heteroatoms. The summed E-state index contributed by atoms with van der Waals surface area (Å²) in [5.41, 5.74) is 0. The van der Waals surface area contributed by atoms with E-state index in [1.807, 2.05) is 0 Å². The van der Waals surface area contributed by atoms with Crippen molar-refractivity contribution in [2.24, 2.45) is 0 Å². The SMILES string of the molecule is O=C(OCC1CC(=O)N1S(=O)(=O)O)Oc1ccccc1. The molecule has 1 heterocycles. The average Bonchev–Trinajstić information content (AvgIpc) is 2.33. The first-order valence-electron chi connectivity index (χ1n) is 5.57. The zero-order valence-corrected chi connectivity index (χ0v) is 10.9. The number of carbonyl (C=O) groups excluding carboxylic acids is 2. The van der Waals surface area contributed by atoms with Crippen molar-refractivity contribution in [2.75, 3.05) is 6.61 Å². The van der Waals surface area contributed by atoms with Crippen LogP contribution in [-0.2, 0) is 19.8 Å². The van der Waals surface area contributed by atoms with Gasteiger partial charge in [0.1, 0.15) is 12.4 Å². The van der Waals surface area contributed by atoms with Crippen LogP contribution < -0.4 is 4.74 Å². The number of amides is 1. The lowest BCUT2D eigenvalue weighted by molar-refractivity contribution is -0.139. The molecule has 2 rings (SSSR count). The monoisotopic (exact) mass is 301 g/mol. The zero-order chi connectivity index (χ0) is 14.8. The third kappa shape index (κ3) is 3.25. The number of β-lactam (4-membered cyclic amide) rings is 1. The first-order chi connectivity index (χ1) is 9.38. The van der Waals surface area contributed by atoms with E-state index >= 15 is 0 Å². The lowest BCUT2D eigenvalue weighted by Gasteiger charge is -2.35. The Balaban J connectivity index is 1.84. The molecule has 0 aliphatic carbocycles. The molecule has 1 saturated heterocycles. The molecule has 1 N–H and O–H groups in total. The summed E-state index contributed by atoms with van der Waals surface area (Å²) in [4.78, 5) is 22.4. The highest BCUT2D eigenvalue weighted by atomic mass is 32.2. The lowest BCUT2D eigenvalue weighted by Crippen LogP contribution is -2.57. The van der Waals surface area contributed by atoms with Gasteiger partial charge in [-0.25, -0.2) is 9.10 Å². The van der Waals surface area contributed by atoms with Crippen LogP contribution in [0.4, 0.5) is 4.79 Å². The number of benzene rings is 1. The molecule has 0 saturated carbocycles. The molecule has 0 spiro atoms. The Morgan fingerprint density at radius 2 is 2.00 bits per heavy atom. The van der Waals surface area contributed by atoms with E-state index in [9.17, 15) is 18.0 Å². The summed E-state index contributed by atoms with van der Waals surface area (Å²) >= 11 is 0. The molecule has 1 aliphatic rings. The fraction of sp³-hybridized carbons (Fsp3) is 0.273. The summed E-state index contributed by atoms with van der Waals surface area (Å²) in [5.74, 6) is -0.480. The van der Waals surface area contributed by atoms with Gasteiger partial charge < -0.3 is 9.47 Å². The molecule has 108 valence electrons. The Morgan fingerprint density at radius 3 is 2.55 bits per heavy atom. The van der Waals surface area contributed by atoms with Crippen LogP contribution in [-0.4, -0.2) is 42.0 Å². The maximum atomic E-state index is 11.3. The van der Waals surface area contributed by atoms with Crippen LogP contribution in [0.1, 0.15) is 6.42 Å². The van der Waals surface area contributed by atoms with E-state index in [4.69, 9.17) is 14.0 Å². The quantitative estimate of drug-likeness (QED) is 0.375. The van der Waals surface area contributed by atoms with Crippen molar-refractivity contribution >= 4 is 22.4 Å². The molecule has 1 aromatic rings. The van der Waals surface area contributed by atoms with Crippen molar-refractivity contribution < 1.29 is 32.0 Å². The smallest absolute Gasteiger partial charge is 0.432 e. The number of ether oxygens (including phenoxy) is 2. The number of nitrogens with zero attached hydrogens (tertiary/aromatic N) is 1. The molecule has 0 radical (unpaired) electrons. The largest absolute Gasteiger partial charge is 0.513 e. The van der Waals surface area contributed by atoms with E-state index in [2.05, 4.69) is 0 Å². The Kier molecular flexibility index (Phi) is 3.91. The van der Waals surface area contributed by atoms with Gasteiger partial charge in [-0.2, -0.15) is 8.42 Å². The fourth-order valence-corrected chi connectivity index (χ4v) is 2.53. The third-order valence-electron chi connectivity index (χ3n) is 2.57. The van der Waals surface area contributed by atoms with Gasteiger partial charge in [-0.3, -0.25) is 9.35 Å². The molecule has 1 aromatic carbocycles. The van der Waals surface area contributed by atoms with Crippen molar-refractivity contribution in [1.82, 2.24) is 4.31 Å². The molecule has 8 nitrogen and oxygen atoms in total. The van der Waals surface area contributed by atoms with Crippen LogP contribution in [0.5, 0.6) is 5.75 Å². The Labute approximate surface area is 114 Å². The minimum Gasteiger partial charge on any atom is -0.432 e. The van der Waals surface area contributed by atoms with E-state index in [1.54, 1.807) is 30.3 Å². The zero-order valence-electron chi connectivity index (χ0n) is 10.1. The summed E-state index contributed by atoms with van der Waals surface area (Å²) in [6.45, 7) is -0.378. The summed E-state index contributed by atoms with van der Waals surface area (Å²) in [5, 5.41) is 0. The highest BCUT2D eigenvalue weighted by Crippen LogP contribution is 2.22. The number of hydrogen-bond donors (Lipinski definition) is 1. The van der Waals surface area contributed by atoms with Crippen molar-refractivity contribution in [3.63, 3.8) is 0 Å². The van der Waals surface area contributed by atoms with Gasteiger partial charge in [0.05, 0.1) is 12.5 Å². The van der Waals surface area contributed by atoms with Gasteiger partial charge >= 0.3 is 16.5 Å². The third-order valence-corrected chi connectivity index (χ3v) is 3.57. The van der Waals surface area contributed by atoms with Crippen LogP contribution in [0.25, 0.3) is 0 Å². The van der Waals surface area contributed by atoms with Gasteiger partial charge in [0, 0.05) is 0 Å². The van der Waals surface area contributed by atoms with Crippen LogP contribution in [0, 0.1) is 0 Å². The van der Waals surface area contributed by atoms with Crippen LogP contribution in [0.3, 0.4) is 0 Å². The van der Waals surface area contributed by atoms with Crippen molar-refractivity contribution in [2.45, 2.75) is 12.5 Å². The number of para-hydroxylation sites is 1. The number of carbonyl (C=O) groups is 2. The number of rotatable bonds is 4. The average molecular weight is 301 g/mol. The van der Waals surface area contributed by atoms with Crippen molar-refractivity contribution in [3.05, 3.63) is 30.3 Å². The minimum absolute atomic E-state index is 0.127. The maximum absolute atomic E-state index is 11.3. The summed E-state index contributed by atoms with van der Waals surface area (Å²) in [7, 11) is -4.62. The molecule has 1 fully saturated rings. The molecule has 0 bridgehead atoms. The normalized spacial score (nSPS) is 18.4. The van der Waals surface area contributed by atoms with Gasteiger partial charge in [-0.1, -0.05) is 18.2 Å². The van der Waals surface area contributed by atoms with Crippen molar-refractivity contribution in [1.29, 1.82) is 0 Å². The fourth-order valence-electron chi connectivity index (χ4n) is 1.69. The summed E-state index contributed by atoms with van der Waals surface area (Å²) in [6, 6.07) is 7.24. The van der Waals surface area contributed by atoms with E-state index in [1.165, 1.54) is 0 Å². The minimum atomic E-state index is -4.62. The van der Waals surface area contributed by atoms with Gasteiger partial charge in [0.25, 0.3) is 0 Å². The Bertz CT molecular complexity index is 613. The summed E-state index contributed by atoms with van der Waals surface area (Å²) < 4.78 is 40.3. The highest BCUT2D eigenvalue weighted by molar-refractivity contribution is 7.84. The standard InChI is InChI=1S/C11H11NO7S/c13-10-6-8(12(10)20(15,16)17)7-18-11(14)19-9-4-2-1-3-5-9/h1-5,8H,6-7H2,(H,15,16,17). The van der Waals surface area contributed by atoms with Gasteiger partial charge in [-0.15, -0.1) is 0 Å². The molecular weight excluding hydrogens is 290 g/mol. The van der Waals surface area contributed by atoms with Crippen LogP contribution >= 0.6 is 0 Å². The van der Waals surface area contributed by atoms with E-state index in [0.717, 1.165) is 0 Å². The van der Waals surface area contributed by atoms with Crippen LogP contribution in [0.15, 0.2) is 30.3 Å². The lowest BCUT2D eigenvalue weighted by atomic mass is 10.1. The van der Waals surface area contributed by atoms with Crippen LogP contribution in [0.2, 0.25) is 0 Å². The Hall–Kier alpha value is -2.13. The topological polar surface area (TPSA) is 110 Å². The van der Waals surface area contributed by atoms with E-state index < -0.39 is 28.4 Å². The molecular formula is C11H11NO7S. The van der Waals surface area contributed by atoms with Gasteiger partial charge in [-0.05, 0) is 12.1 Å². The van der Waals surface area contributed by atoms with Gasteiger partial charge in [0.2, 0.25) is 5.91 Å². The molecule has 1 atom stereocenters. The molecule has 1 aliphatic heterocycles. The molecule has 1 unspecified atom stereocenters. The first kappa shape index (κ1) is 14.3. The van der Waals surface area contributed by atoms with Crippen molar-refractivity contribution in [3.8, 4) is 5.75 Å².